The van der Waals surface area contributed by atoms with Gasteiger partial charge in [-0.3, -0.25) is 9.59 Å². The zero-order valence-electron chi connectivity index (χ0n) is 11.0. The number of benzene rings is 1. The lowest BCUT2D eigenvalue weighted by atomic mass is 9.92. The van der Waals surface area contributed by atoms with Crippen molar-refractivity contribution in [2.75, 3.05) is 6.54 Å². The van der Waals surface area contributed by atoms with Crippen LogP contribution in [-0.2, 0) is 15.1 Å². The molecular formula is C14H19N3O2. The fraction of sp³-hybridized carbons (Fsp3) is 0.429. The molecule has 5 nitrogen and oxygen atoms in total. The second kappa shape index (κ2) is 5.40. The van der Waals surface area contributed by atoms with Crippen molar-refractivity contribution >= 4 is 11.8 Å². The van der Waals surface area contributed by atoms with Crippen LogP contribution in [0.1, 0.15) is 25.3 Å². The number of rotatable bonds is 5. The number of nitrogens with one attached hydrogen (secondary N) is 2. The summed E-state index contributed by atoms with van der Waals surface area (Å²) in [6, 6.07) is 9.40. The van der Waals surface area contributed by atoms with E-state index in [9.17, 15) is 9.59 Å². The minimum Gasteiger partial charge on any atom is -0.352 e. The number of carbonyl (C=O) groups excluding carboxylic acids is 2. The molecular weight excluding hydrogens is 242 g/mol. The standard InChI is InChI=1S/C14H19N3O2/c1-14(15,10-5-3-2-4-6-10)13(19)16-9-12(18)17-11-7-8-11/h2-6,11H,7-9,15H2,1H3,(H,16,19)(H,17,18). The molecule has 1 aliphatic rings. The zero-order chi connectivity index (χ0) is 13.9. The fourth-order valence-corrected chi connectivity index (χ4v) is 1.77. The number of carbonyl (C=O) groups is 2. The Morgan fingerprint density at radius 3 is 2.53 bits per heavy atom. The second-order valence-corrected chi connectivity index (χ2v) is 5.09. The van der Waals surface area contributed by atoms with Gasteiger partial charge in [0, 0.05) is 6.04 Å². The van der Waals surface area contributed by atoms with E-state index in [2.05, 4.69) is 10.6 Å². The molecule has 0 aliphatic heterocycles. The first-order chi connectivity index (χ1) is 9.00. The van der Waals surface area contributed by atoms with Gasteiger partial charge in [-0.25, -0.2) is 0 Å². The minimum absolute atomic E-state index is 0.0328. The normalized spacial score (nSPS) is 17.4. The van der Waals surface area contributed by atoms with Crippen molar-refractivity contribution in [3.05, 3.63) is 35.9 Å². The average Bonchev–Trinajstić information content (AvgIpc) is 3.20. The van der Waals surface area contributed by atoms with Gasteiger partial charge < -0.3 is 16.4 Å². The van der Waals surface area contributed by atoms with Crippen molar-refractivity contribution < 1.29 is 9.59 Å². The van der Waals surface area contributed by atoms with E-state index in [1.165, 1.54) is 0 Å². The molecule has 2 amide bonds. The van der Waals surface area contributed by atoms with Gasteiger partial charge in [0.05, 0.1) is 6.54 Å². The fourth-order valence-electron chi connectivity index (χ4n) is 1.77. The topological polar surface area (TPSA) is 84.2 Å². The molecule has 1 aromatic carbocycles. The molecule has 1 fully saturated rings. The van der Waals surface area contributed by atoms with Gasteiger partial charge in [0.25, 0.3) is 0 Å². The van der Waals surface area contributed by atoms with E-state index < -0.39 is 5.54 Å². The van der Waals surface area contributed by atoms with Crippen LogP contribution < -0.4 is 16.4 Å². The predicted octanol–water partition coefficient (Wildman–Crippen LogP) is 0.255. The molecule has 1 saturated carbocycles. The van der Waals surface area contributed by atoms with Gasteiger partial charge in [-0.15, -0.1) is 0 Å². The summed E-state index contributed by atoms with van der Waals surface area (Å²) in [6.45, 7) is 1.60. The molecule has 0 bridgehead atoms. The minimum atomic E-state index is -1.14. The van der Waals surface area contributed by atoms with Crippen LogP contribution in [0.5, 0.6) is 0 Å². The molecule has 0 radical (unpaired) electrons. The molecule has 1 aliphatic carbocycles. The number of amides is 2. The van der Waals surface area contributed by atoms with E-state index in [0.29, 0.717) is 6.04 Å². The maximum absolute atomic E-state index is 12.1. The summed E-state index contributed by atoms with van der Waals surface area (Å²) in [4.78, 5) is 23.5. The molecule has 19 heavy (non-hydrogen) atoms. The van der Waals surface area contributed by atoms with Crippen molar-refractivity contribution in [3.8, 4) is 0 Å². The zero-order valence-corrected chi connectivity index (χ0v) is 11.0. The third-order valence-corrected chi connectivity index (χ3v) is 3.20. The van der Waals surface area contributed by atoms with Gasteiger partial charge in [-0.2, -0.15) is 0 Å². The number of hydrogen-bond donors (Lipinski definition) is 3. The van der Waals surface area contributed by atoms with Crippen LogP contribution in [-0.4, -0.2) is 24.4 Å². The van der Waals surface area contributed by atoms with E-state index in [1.54, 1.807) is 19.1 Å². The molecule has 4 N–H and O–H groups in total. The van der Waals surface area contributed by atoms with Gasteiger partial charge in [0.15, 0.2) is 0 Å². The Morgan fingerprint density at radius 1 is 1.32 bits per heavy atom. The monoisotopic (exact) mass is 261 g/mol. The molecule has 1 unspecified atom stereocenters. The summed E-state index contributed by atoms with van der Waals surface area (Å²) >= 11 is 0. The van der Waals surface area contributed by atoms with Crippen LogP contribution in [0.2, 0.25) is 0 Å². The molecule has 102 valence electrons. The van der Waals surface area contributed by atoms with Gasteiger partial charge >= 0.3 is 0 Å². The van der Waals surface area contributed by atoms with Crippen LogP contribution in [0.25, 0.3) is 0 Å². The van der Waals surface area contributed by atoms with E-state index >= 15 is 0 Å². The van der Waals surface area contributed by atoms with Crippen LogP contribution >= 0.6 is 0 Å². The molecule has 1 aromatic rings. The maximum Gasteiger partial charge on any atom is 0.244 e. The van der Waals surface area contributed by atoms with Gasteiger partial charge in [-0.1, -0.05) is 30.3 Å². The first kappa shape index (κ1) is 13.5. The highest BCUT2D eigenvalue weighted by Crippen LogP contribution is 2.18. The lowest BCUT2D eigenvalue weighted by Gasteiger charge is -2.23. The van der Waals surface area contributed by atoms with Gasteiger partial charge in [0.2, 0.25) is 11.8 Å². The predicted molar refractivity (Wildman–Crippen MR) is 72.2 cm³/mol. The van der Waals surface area contributed by atoms with E-state index in [0.717, 1.165) is 18.4 Å². The highest BCUT2D eigenvalue weighted by atomic mass is 16.2. The molecule has 5 heteroatoms. The summed E-state index contributed by atoms with van der Waals surface area (Å²) in [7, 11) is 0. The Hall–Kier alpha value is -1.88. The van der Waals surface area contributed by atoms with Crippen molar-refractivity contribution in [1.82, 2.24) is 10.6 Å². The summed E-state index contributed by atoms with van der Waals surface area (Å²) in [5, 5.41) is 5.38. The Labute approximate surface area is 112 Å². The van der Waals surface area contributed by atoms with Crippen LogP contribution in [0, 0.1) is 0 Å². The summed E-state index contributed by atoms with van der Waals surface area (Å²) in [6.07, 6.45) is 2.05. The molecule has 2 rings (SSSR count). The summed E-state index contributed by atoms with van der Waals surface area (Å²) in [5.41, 5.74) is 5.62. The highest BCUT2D eigenvalue weighted by molar-refractivity contribution is 5.90. The molecule has 0 spiro atoms. The highest BCUT2D eigenvalue weighted by Gasteiger charge is 2.31. The third-order valence-electron chi connectivity index (χ3n) is 3.20. The smallest absolute Gasteiger partial charge is 0.244 e. The third kappa shape index (κ3) is 3.54. The van der Waals surface area contributed by atoms with Crippen molar-refractivity contribution in [2.24, 2.45) is 5.73 Å². The van der Waals surface area contributed by atoms with Gasteiger partial charge in [-0.05, 0) is 25.3 Å². The molecule has 0 saturated heterocycles. The lowest BCUT2D eigenvalue weighted by molar-refractivity contribution is -0.129. The van der Waals surface area contributed by atoms with Crippen LogP contribution in [0.3, 0.4) is 0 Å². The van der Waals surface area contributed by atoms with Crippen molar-refractivity contribution in [1.29, 1.82) is 0 Å². The number of hydrogen-bond acceptors (Lipinski definition) is 3. The summed E-state index contributed by atoms with van der Waals surface area (Å²) in [5.74, 6) is -0.524. The Morgan fingerprint density at radius 2 is 1.95 bits per heavy atom. The first-order valence-corrected chi connectivity index (χ1v) is 6.42. The second-order valence-electron chi connectivity index (χ2n) is 5.09. The van der Waals surface area contributed by atoms with E-state index in [-0.39, 0.29) is 18.4 Å². The first-order valence-electron chi connectivity index (χ1n) is 6.42. The quantitative estimate of drug-likeness (QED) is 0.710. The number of nitrogens with two attached hydrogens (primary N) is 1. The van der Waals surface area contributed by atoms with E-state index in [4.69, 9.17) is 5.73 Å². The van der Waals surface area contributed by atoms with Crippen molar-refractivity contribution in [3.63, 3.8) is 0 Å². The Kier molecular flexibility index (Phi) is 3.85. The SMILES string of the molecule is CC(N)(C(=O)NCC(=O)NC1CC1)c1ccccc1. The van der Waals surface area contributed by atoms with Crippen LogP contribution in [0.4, 0.5) is 0 Å². The summed E-state index contributed by atoms with van der Waals surface area (Å²) < 4.78 is 0. The largest absolute Gasteiger partial charge is 0.352 e. The maximum atomic E-state index is 12.1. The molecule has 0 aromatic heterocycles. The Balaban J connectivity index is 1.89. The molecule has 1 atom stereocenters. The van der Waals surface area contributed by atoms with E-state index in [1.807, 2.05) is 18.2 Å². The van der Waals surface area contributed by atoms with Crippen molar-refractivity contribution in [2.45, 2.75) is 31.3 Å². The Bertz CT molecular complexity index is 467. The van der Waals surface area contributed by atoms with Crippen LogP contribution in [0.15, 0.2) is 30.3 Å². The molecule has 0 heterocycles. The lowest BCUT2D eigenvalue weighted by Crippen LogP contribution is -2.51. The van der Waals surface area contributed by atoms with Gasteiger partial charge in [0.1, 0.15) is 5.54 Å². The average molecular weight is 261 g/mol.